The molecule has 0 spiro atoms. The van der Waals surface area contributed by atoms with Crippen LogP contribution in [0.2, 0.25) is 0 Å². The quantitative estimate of drug-likeness (QED) is 0.785. The van der Waals surface area contributed by atoms with E-state index in [1.54, 1.807) is 18.2 Å². The summed E-state index contributed by atoms with van der Waals surface area (Å²) in [6, 6.07) is 13.5. The standard InChI is InChI=1S/C16H16N2O2/c1-2-4-12-7-9-13(10-8-12)17-16(20)18-14-5-3-6-15(19)11-14/h2-11,19H,1H3,(H2,17,18,20)/b4-2-. The average molecular weight is 268 g/mol. The van der Waals surface area contributed by atoms with Gasteiger partial charge in [0.2, 0.25) is 0 Å². The third-order valence-electron chi connectivity index (χ3n) is 2.63. The van der Waals surface area contributed by atoms with Crippen LogP contribution in [0.5, 0.6) is 5.75 Å². The lowest BCUT2D eigenvalue weighted by atomic mass is 10.2. The first-order chi connectivity index (χ1) is 9.67. The Morgan fingerprint density at radius 2 is 1.75 bits per heavy atom. The summed E-state index contributed by atoms with van der Waals surface area (Å²) in [7, 11) is 0. The molecule has 0 fully saturated rings. The van der Waals surface area contributed by atoms with Crippen LogP contribution in [0.15, 0.2) is 54.6 Å². The van der Waals surface area contributed by atoms with E-state index in [1.807, 2.05) is 43.3 Å². The molecule has 2 aromatic rings. The van der Waals surface area contributed by atoms with Crippen LogP contribution < -0.4 is 10.6 Å². The van der Waals surface area contributed by atoms with Gasteiger partial charge in [0.1, 0.15) is 5.75 Å². The van der Waals surface area contributed by atoms with Gasteiger partial charge in [-0.05, 0) is 36.8 Å². The Kier molecular flexibility index (Phi) is 4.39. The summed E-state index contributed by atoms with van der Waals surface area (Å²) in [5, 5.41) is 14.7. The average Bonchev–Trinajstić information content (AvgIpc) is 2.41. The Morgan fingerprint density at radius 3 is 2.40 bits per heavy atom. The summed E-state index contributed by atoms with van der Waals surface area (Å²) in [6.45, 7) is 1.95. The second kappa shape index (κ2) is 6.43. The van der Waals surface area contributed by atoms with Crippen molar-refractivity contribution in [1.82, 2.24) is 0 Å². The molecular weight excluding hydrogens is 252 g/mol. The van der Waals surface area contributed by atoms with Gasteiger partial charge in [0.05, 0.1) is 0 Å². The second-order valence-electron chi connectivity index (χ2n) is 4.25. The molecule has 2 rings (SSSR count). The highest BCUT2D eigenvalue weighted by molar-refractivity contribution is 5.99. The SMILES string of the molecule is C/C=C\c1ccc(NC(=O)Nc2cccc(O)c2)cc1. The fraction of sp³-hybridized carbons (Fsp3) is 0.0625. The highest BCUT2D eigenvalue weighted by Crippen LogP contribution is 2.16. The van der Waals surface area contributed by atoms with Crippen LogP contribution in [0.1, 0.15) is 12.5 Å². The lowest BCUT2D eigenvalue weighted by Crippen LogP contribution is -2.19. The number of nitrogens with one attached hydrogen (secondary N) is 2. The first-order valence-corrected chi connectivity index (χ1v) is 6.27. The van der Waals surface area contributed by atoms with Gasteiger partial charge in [-0.1, -0.05) is 30.4 Å². The number of aromatic hydroxyl groups is 1. The molecule has 0 atom stereocenters. The number of phenols is 1. The lowest BCUT2D eigenvalue weighted by Gasteiger charge is -2.08. The first kappa shape index (κ1) is 13.7. The van der Waals surface area contributed by atoms with E-state index in [9.17, 15) is 9.90 Å². The molecule has 0 aliphatic heterocycles. The number of phenolic OH excluding ortho intramolecular Hbond substituents is 1. The van der Waals surface area contributed by atoms with Crippen molar-refractivity contribution in [3.05, 3.63) is 60.2 Å². The number of hydrogen-bond donors (Lipinski definition) is 3. The molecule has 0 saturated heterocycles. The van der Waals surface area contributed by atoms with Crippen molar-refractivity contribution in [2.75, 3.05) is 10.6 Å². The van der Waals surface area contributed by atoms with Crippen molar-refractivity contribution in [2.45, 2.75) is 6.92 Å². The predicted molar refractivity (Wildman–Crippen MR) is 81.9 cm³/mol. The van der Waals surface area contributed by atoms with Crippen LogP contribution in [0.3, 0.4) is 0 Å². The number of carbonyl (C=O) groups excluding carboxylic acids is 1. The molecule has 0 unspecified atom stereocenters. The Morgan fingerprint density at radius 1 is 1.05 bits per heavy atom. The largest absolute Gasteiger partial charge is 0.508 e. The van der Waals surface area contributed by atoms with Gasteiger partial charge >= 0.3 is 6.03 Å². The van der Waals surface area contributed by atoms with Gasteiger partial charge in [-0.2, -0.15) is 0 Å². The molecule has 0 radical (unpaired) electrons. The fourth-order valence-electron chi connectivity index (χ4n) is 1.75. The van der Waals surface area contributed by atoms with Gasteiger partial charge in [-0.15, -0.1) is 0 Å². The number of allylic oxidation sites excluding steroid dienone is 1. The van der Waals surface area contributed by atoms with Crippen molar-refractivity contribution in [3.63, 3.8) is 0 Å². The first-order valence-electron chi connectivity index (χ1n) is 6.27. The minimum absolute atomic E-state index is 0.110. The van der Waals surface area contributed by atoms with Crippen LogP contribution in [-0.4, -0.2) is 11.1 Å². The van der Waals surface area contributed by atoms with E-state index in [2.05, 4.69) is 10.6 Å². The minimum Gasteiger partial charge on any atom is -0.508 e. The highest BCUT2D eigenvalue weighted by Gasteiger charge is 2.02. The van der Waals surface area contributed by atoms with Crippen LogP contribution in [0.4, 0.5) is 16.2 Å². The molecule has 2 aromatic carbocycles. The number of hydrogen-bond acceptors (Lipinski definition) is 2. The molecule has 0 bridgehead atoms. The number of amides is 2. The molecule has 0 aliphatic carbocycles. The van der Waals surface area contributed by atoms with Crippen LogP contribution in [0, 0.1) is 0 Å². The Balaban J connectivity index is 1.97. The van der Waals surface area contributed by atoms with Gasteiger partial charge in [0.25, 0.3) is 0 Å². The van der Waals surface area contributed by atoms with E-state index in [0.717, 1.165) is 5.56 Å². The Labute approximate surface area is 117 Å². The lowest BCUT2D eigenvalue weighted by molar-refractivity contribution is 0.262. The zero-order chi connectivity index (χ0) is 14.4. The summed E-state index contributed by atoms with van der Waals surface area (Å²) < 4.78 is 0. The van der Waals surface area contributed by atoms with E-state index >= 15 is 0 Å². The molecule has 20 heavy (non-hydrogen) atoms. The van der Waals surface area contributed by atoms with Gasteiger partial charge < -0.3 is 15.7 Å². The number of carbonyl (C=O) groups is 1. The number of benzene rings is 2. The topological polar surface area (TPSA) is 61.4 Å². The van der Waals surface area contributed by atoms with Crippen LogP contribution in [0.25, 0.3) is 6.08 Å². The predicted octanol–water partition coefficient (Wildman–Crippen LogP) is 4.07. The van der Waals surface area contributed by atoms with Crippen LogP contribution >= 0.6 is 0 Å². The van der Waals surface area contributed by atoms with Crippen molar-refractivity contribution in [2.24, 2.45) is 0 Å². The fourth-order valence-corrected chi connectivity index (χ4v) is 1.75. The van der Waals surface area contributed by atoms with E-state index in [4.69, 9.17) is 0 Å². The van der Waals surface area contributed by atoms with Crippen molar-refractivity contribution >= 4 is 23.5 Å². The molecule has 0 aliphatic rings. The van der Waals surface area contributed by atoms with Gasteiger partial charge in [-0.3, -0.25) is 0 Å². The zero-order valence-electron chi connectivity index (χ0n) is 11.1. The van der Waals surface area contributed by atoms with E-state index < -0.39 is 0 Å². The maximum atomic E-state index is 11.8. The number of anilines is 2. The maximum Gasteiger partial charge on any atom is 0.323 e. The summed E-state index contributed by atoms with van der Waals surface area (Å²) in [6.07, 6.45) is 3.94. The summed E-state index contributed by atoms with van der Waals surface area (Å²) in [5.41, 5.74) is 2.32. The van der Waals surface area contributed by atoms with Crippen molar-refractivity contribution in [1.29, 1.82) is 0 Å². The van der Waals surface area contributed by atoms with Gasteiger partial charge in [0, 0.05) is 17.4 Å². The van der Waals surface area contributed by atoms with Crippen molar-refractivity contribution < 1.29 is 9.90 Å². The monoisotopic (exact) mass is 268 g/mol. The molecule has 102 valence electrons. The number of rotatable bonds is 3. The molecule has 4 heteroatoms. The van der Waals surface area contributed by atoms with Crippen molar-refractivity contribution in [3.8, 4) is 5.75 Å². The molecule has 0 heterocycles. The molecule has 3 N–H and O–H groups in total. The Hall–Kier alpha value is -2.75. The molecule has 4 nitrogen and oxygen atoms in total. The third kappa shape index (κ3) is 3.88. The second-order valence-corrected chi connectivity index (χ2v) is 4.25. The Bertz CT molecular complexity index is 619. The number of urea groups is 1. The highest BCUT2D eigenvalue weighted by atomic mass is 16.3. The minimum atomic E-state index is -0.352. The third-order valence-corrected chi connectivity index (χ3v) is 2.63. The molecule has 0 saturated carbocycles. The van der Waals surface area contributed by atoms with E-state index in [1.165, 1.54) is 6.07 Å². The molecule has 2 amide bonds. The van der Waals surface area contributed by atoms with Gasteiger partial charge in [0.15, 0.2) is 0 Å². The summed E-state index contributed by atoms with van der Waals surface area (Å²) in [4.78, 5) is 11.8. The van der Waals surface area contributed by atoms with Gasteiger partial charge in [-0.25, -0.2) is 4.79 Å². The maximum absolute atomic E-state index is 11.8. The molecule has 0 aromatic heterocycles. The summed E-state index contributed by atoms with van der Waals surface area (Å²) >= 11 is 0. The summed E-state index contributed by atoms with van der Waals surface area (Å²) in [5.74, 6) is 0.110. The normalized spacial score (nSPS) is 10.4. The molecular formula is C16H16N2O2. The smallest absolute Gasteiger partial charge is 0.323 e. The van der Waals surface area contributed by atoms with E-state index in [0.29, 0.717) is 11.4 Å². The zero-order valence-corrected chi connectivity index (χ0v) is 11.1. The van der Waals surface area contributed by atoms with E-state index in [-0.39, 0.29) is 11.8 Å². The van der Waals surface area contributed by atoms with Crippen LogP contribution in [-0.2, 0) is 0 Å².